The van der Waals surface area contributed by atoms with Crippen molar-refractivity contribution in [1.29, 1.82) is 0 Å². The standard InChI is InChI=1S/C19H22O2/c1-14-5-7-15(8-6-14)13-21-18(20)16-9-11-17(12-10-16)19(2,3)4/h5-12H,13H2,1-4H3. The third kappa shape index (κ3) is 4.19. The summed E-state index contributed by atoms with van der Waals surface area (Å²) in [5.74, 6) is -0.281. The van der Waals surface area contributed by atoms with Gasteiger partial charge in [-0.1, -0.05) is 62.7 Å². The van der Waals surface area contributed by atoms with Crippen LogP contribution >= 0.6 is 0 Å². The maximum Gasteiger partial charge on any atom is 0.338 e. The zero-order valence-corrected chi connectivity index (χ0v) is 13.1. The van der Waals surface area contributed by atoms with Crippen LogP contribution in [0, 0.1) is 6.92 Å². The van der Waals surface area contributed by atoms with Crippen LogP contribution in [0.25, 0.3) is 0 Å². The molecule has 0 fully saturated rings. The first-order chi connectivity index (χ1) is 9.86. The molecule has 110 valence electrons. The lowest BCUT2D eigenvalue weighted by Crippen LogP contribution is -2.12. The van der Waals surface area contributed by atoms with E-state index in [4.69, 9.17) is 4.74 Å². The van der Waals surface area contributed by atoms with Gasteiger partial charge in [0.15, 0.2) is 0 Å². The van der Waals surface area contributed by atoms with Gasteiger partial charge in [-0.2, -0.15) is 0 Å². The van der Waals surface area contributed by atoms with Gasteiger partial charge in [-0.15, -0.1) is 0 Å². The average molecular weight is 282 g/mol. The third-order valence-electron chi connectivity index (χ3n) is 3.48. The molecule has 2 nitrogen and oxygen atoms in total. The number of rotatable bonds is 3. The molecule has 0 radical (unpaired) electrons. The summed E-state index contributed by atoms with van der Waals surface area (Å²) in [6.45, 7) is 8.79. The summed E-state index contributed by atoms with van der Waals surface area (Å²) in [5, 5.41) is 0. The second-order valence-corrected chi connectivity index (χ2v) is 6.39. The van der Waals surface area contributed by atoms with Crippen molar-refractivity contribution in [1.82, 2.24) is 0 Å². The van der Waals surface area contributed by atoms with Crippen molar-refractivity contribution in [2.24, 2.45) is 0 Å². The van der Waals surface area contributed by atoms with Gasteiger partial charge in [0.25, 0.3) is 0 Å². The number of aryl methyl sites for hydroxylation is 1. The first kappa shape index (κ1) is 15.3. The summed E-state index contributed by atoms with van der Waals surface area (Å²) < 4.78 is 5.34. The summed E-state index contributed by atoms with van der Waals surface area (Å²) in [6, 6.07) is 15.6. The predicted octanol–water partition coefficient (Wildman–Crippen LogP) is 4.65. The molecule has 0 aliphatic rings. The lowest BCUT2D eigenvalue weighted by atomic mass is 9.87. The second-order valence-electron chi connectivity index (χ2n) is 6.39. The molecule has 2 aromatic rings. The number of carbonyl (C=O) groups excluding carboxylic acids is 1. The predicted molar refractivity (Wildman–Crippen MR) is 85.4 cm³/mol. The number of hydrogen-bond acceptors (Lipinski definition) is 2. The van der Waals surface area contributed by atoms with E-state index in [1.165, 1.54) is 11.1 Å². The Labute approximate surface area is 126 Å². The molecule has 0 aromatic heterocycles. The fourth-order valence-electron chi connectivity index (χ4n) is 2.02. The molecule has 0 amide bonds. The molecular weight excluding hydrogens is 260 g/mol. The highest BCUT2D eigenvalue weighted by molar-refractivity contribution is 5.89. The molecule has 0 spiro atoms. The fourth-order valence-corrected chi connectivity index (χ4v) is 2.02. The third-order valence-corrected chi connectivity index (χ3v) is 3.48. The molecule has 2 aromatic carbocycles. The van der Waals surface area contributed by atoms with Gasteiger partial charge < -0.3 is 4.74 Å². The number of esters is 1. The van der Waals surface area contributed by atoms with Crippen molar-refractivity contribution >= 4 is 5.97 Å². The van der Waals surface area contributed by atoms with Crippen molar-refractivity contribution in [3.63, 3.8) is 0 Å². The number of benzene rings is 2. The van der Waals surface area contributed by atoms with Crippen molar-refractivity contribution in [3.05, 3.63) is 70.8 Å². The average Bonchev–Trinajstić information content (AvgIpc) is 2.45. The SMILES string of the molecule is Cc1ccc(COC(=O)c2ccc(C(C)(C)C)cc2)cc1. The Bertz CT molecular complexity index is 602. The Kier molecular flexibility index (Phi) is 4.46. The normalized spacial score (nSPS) is 11.2. The molecule has 0 heterocycles. The molecule has 0 saturated heterocycles. The van der Waals surface area contributed by atoms with E-state index in [2.05, 4.69) is 20.8 Å². The van der Waals surface area contributed by atoms with E-state index in [0.29, 0.717) is 12.2 Å². The quantitative estimate of drug-likeness (QED) is 0.766. The Morgan fingerprint density at radius 3 is 2.05 bits per heavy atom. The van der Waals surface area contributed by atoms with Gasteiger partial charge in [-0.3, -0.25) is 0 Å². The van der Waals surface area contributed by atoms with Crippen LogP contribution in [-0.4, -0.2) is 5.97 Å². The molecule has 2 heteroatoms. The highest BCUT2D eigenvalue weighted by Gasteiger charge is 2.14. The molecule has 0 unspecified atom stereocenters. The summed E-state index contributed by atoms with van der Waals surface area (Å²) >= 11 is 0. The van der Waals surface area contributed by atoms with Gasteiger partial charge >= 0.3 is 5.97 Å². The van der Waals surface area contributed by atoms with Crippen LogP contribution in [0.5, 0.6) is 0 Å². The highest BCUT2D eigenvalue weighted by atomic mass is 16.5. The zero-order valence-electron chi connectivity index (χ0n) is 13.1. The van der Waals surface area contributed by atoms with Crippen LogP contribution in [-0.2, 0) is 16.8 Å². The van der Waals surface area contributed by atoms with E-state index in [1.807, 2.05) is 55.5 Å². The van der Waals surface area contributed by atoms with E-state index < -0.39 is 0 Å². The van der Waals surface area contributed by atoms with Gasteiger partial charge in [0.2, 0.25) is 0 Å². The summed E-state index contributed by atoms with van der Waals surface area (Å²) in [6.07, 6.45) is 0. The molecule has 0 atom stereocenters. The topological polar surface area (TPSA) is 26.3 Å². The number of hydrogen-bond donors (Lipinski definition) is 0. The maximum atomic E-state index is 12.0. The maximum absolute atomic E-state index is 12.0. The Hall–Kier alpha value is -2.09. The van der Waals surface area contributed by atoms with Crippen LogP contribution in [0.2, 0.25) is 0 Å². The van der Waals surface area contributed by atoms with E-state index in [-0.39, 0.29) is 11.4 Å². The Balaban J connectivity index is 1.99. The van der Waals surface area contributed by atoms with Gasteiger partial charge in [-0.25, -0.2) is 4.79 Å². The first-order valence-corrected chi connectivity index (χ1v) is 7.19. The lowest BCUT2D eigenvalue weighted by Gasteiger charge is -2.18. The van der Waals surface area contributed by atoms with Gasteiger partial charge in [0.05, 0.1) is 5.56 Å². The zero-order chi connectivity index (χ0) is 15.5. The molecule has 0 saturated carbocycles. The summed E-state index contributed by atoms with van der Waals surface area (Å²) in [4.78, 5) is 12.0. The Morgan fingerprint density at radius 2 is 1.52 bits per heavy atom. The molecule has 0 N–H and O–H groups in total. The lowest BCUT2D eigenvalue weighted by molar-refractivity contribution is 0.0472. The molecule has 2 rings (SSSR count). The van der Waals surface area contributed by atoms with Crippen LogP contribution in [0.4, 0.5) is 0 Å². The summed E-state index contributed by atoms with van der Waals surface area (Å²) in [7, 11) is 0. The van der Waals surface area contributed by atoms with Crippen LogP contribution in [0.15, 0.2) is 48.5 Å². The van der Waals surface area contributed by atoms with E-state index >= 15 is 0 Å². The second kappa shape index (κ2) is 6.13. The van der Waals surface area contributed by atoms with Crippen LogP contribution in [0.3, 0.4) is 0 Å². The van der Waals surface area contributed by atoms with E-state index in [9.17, 15) is 4.79 Å². The van der Waals surface area contributed by atoms with Crippen LogP contribution in [0.1, 0.15) is 47.8 Å². The largest absolute Gasteiger partial charge is 0.457 e. The van der Waals surface area contributed by atoms with E-state index in [1.54, 1.807) is 0 Å². The first-order valence-electron chi connectivity index (χ1n) is 7.19. The molecule has 0 aliphatic heterocycles. The van der Waals surface area contributed by atoms with Crippen molar-refractivity contribution in [2.75, 3.05) is 0 Å². The molecule has 0 bridgehead atoms. The van der Waals surface area contributed by atoms with Gasteiger partial charge in [0, 0.05) is 0 Å². The minimum atomic E-state index is -0.281. The van der Waals surface area contributed by atoms with Crippen LogP contribution < -0.4 is 0 Å². The smallest absolute Gasteiger partial charge is 0.338 e. The van der Waals surface area contributed by atoms with Gasteiger partial charge in [-0.05, 0) is 35.6 Å². The fraction of sp³-hybridized carbons (Fsp3) is 0.316. The highest BCUT2D eigenvalue weighted by Crippen LogP contribution is 2.22. The number of ether oxygens (including phenoxy) is 1. The van der Waals surface area contributed by atoms with Crippen molar-refractivity contribution in [3.8, 4) is 0 Å². The molecule has 21 heavy (non-hydrogen) atoms. The van der Waals surface area contributed by atoms with Crippen molar-refractivity contribution in [2.45, 2.75) is 39.7 Å². The van der Waals surface area contributed by atoms with Gasteiger partial charge in [0.1, 0.15) is 6.61 Å². The minimum absolute atomic E-state index is 0.0876. The van der Waals surface area contributed by atoms with E-state index in [0.717, 1.165) is 5.56 Å². The molecular formula is C19H22O2. The summed E-state index contributed by atoms with van der Waals surface area (Å²) in [5.41, 5.74) is 4.08. The number of carbonyl (C=O) groups is 1. The molecule has 0 aliphatic carbocycles. The monoisotopic (exact) mass is 282 g/mol. The Morgan fingerprint density at radius 1 is 0.952 bits per heavy atom. The minimum Gasteiger partial charge on any atom is -0.457 e. The van der Waals surface area contributed by atoms with Crippen molar-refractivity contribution < 1.29 is 9.53 Å².